The van der Waals surface area contributed by atoms with E-state index < -0.39 is 6.10 Å². The molecule has 1 amide bonds. The van der Waals surface area contributed by atoms with E-state index in [-0.39, 0.29) is 18.6 Å². The Labute approximate surface area is 118 Å². The number of nitrogens with zero attached hydrogens (tertiary/aromatic N) is 1. The van der Waals surface area contributed by atoms with Crippen LogP contribution in [0.5, 0.6) is 5.75 Å². The Morgan fingerprint density at radius 3 is 2.53 bits per heavy atom. The molecule has 1 unspecified atom stereocenters. The number of hydrogen-bond donors (Lipinski definition) is 1. The van der Waals surface area contributed by atoms with Gasteiger partial charge in [0.1, 0.15) is 5.75 Å². The van der Waals surface area contributed by atoms with E-state index in [9.17, 15) is 4.79 Å². The lowest BCUT2D eigenvalue weighted by Crippen LogP contribution is -2.45. The lowest BCUT2D eigenvalue weighted by molar-refractivity contribution is -0.140. The third kappa shape index (κ3) is 4.40. The van der Waals surface area contributed by atoms with Crippen LogP contribution in [0.25, 0.3) is 0 Å². The normalized spacial score (nSPS) is 12.3. The monoisotopic (exact) mass is 285 g/mol. The number of benzene rings is 1. The smallest absolute Gasteiger partial charge is 0.263 e. The van der Waals surface area contributed by atoms with E-state index in [1.807, 2.05) is 13.8 Å². The molecule has 0 aromatic heterocycles. The Bertz CT molecular complexity index is 423. The number of aliphatic hydroxyl groups is 1. The van der Waals surface area contributed by atoms with Gasteiger partial charge in [0.25, 0.3) is 5.91 Å². The van der Waals surface area contributed by atoms with Crippen molar-refractivity contribution in [2.75, 3.05) is 13.2 Å². The lowest BCUT2D eigenvalue weighted by Gasteiger charge is -2.29. The Hall–Kier alpha value is -1.26. The second-order valence-electron chi connectivity index (χ2n) is 4.54. The number of para-hydroxylation sites is 1. The molecular formula is C14H20ClNO3. The number of aliphatic hydroxyl groups excluding tert-OH is 1. The summed E-state index contributed by atoms with van der Waals surface area (Å²) >= 11 is 5.99. The first kappa shape index (κ1) is 15.8. The zero-order valence-corrected chi connectivity index (χ0v) is 12.2. The molecule has 4 nitrogen and oxygen atoms in total. The molecule has 106 valence electrons. The van der Waals surface area contributed by atoms with Gasteiger partial charge in [-0.25, -0.2) is 0 Å². The highest BCUT2D eigenvalue weighted by molar-refractivity contribution is 6.32. The Morgan fingerprint density at radius 1 is 1.37 bits per heavy atom. The number of halogens is 1. The fourth-order valence-electron chi connectivity index (χ4n) is 1.75. The van der Waals surface area contributed by atoms with Crippen molar-refractivity contribution < 1.29 is 14.6 Å². The molecule has 0 saturated heterocycles. The van der Waals surface area contributed by atoms with Crippen molar-refractivity contribution in [3.05, 3.63) is 29.3 Å². The van der Waals surface area contributed by atoms with Gasteiger partial charge in [-0.3, -0.25) is 4.79 Å². The summed E-state index contributed by atoms with van der Waals surface area (Å²) in [5, 5.41) is 9.47. The van der Waals surface area contributed by atoms with Gasteiger partial charge < -0.3 is 14.7 Å². The maximum absolute atomic E-state index is 12.2. The minimum atomic E-state index is -0.645. The van der Waals surface area contributed by atoms with Gasteiger partial charge in [-0.1, -0.05) is 23.7 Å². The predicted molar refractivity (Wildman–Crippen MR) is 75.5 cm³/mol. The van der Waals surface area contributed by atoms with E-state index in [0.717, 1.165) is 0 Å². The highest BCUT2D eigenvalue weighted by atomic mass is 35.5. The summed E-state index contributed by atoms with van der Waals surface area (Å²) < 4.78 is 5.58. The van der Waals surface area contributed by atoms with Crippen LogP contribution in [-0.2, 0) is 4.79 Å². The molecule has 0 fully saturated rings. The summed E-state index contributed by atoms with van der Waals surface area (Å²) in [5.41, 5.74) is 0. The molecule has 1 aromatic carbocycles. The summed E-state index contributed by atoms with van der Waals surface area (Å²) in [4.78, 5) is 13.8. The van der Waals surface area contributed by atoms with Gasteiger partial charge in [0, 0.05) is 12.6 Å². The summed E-state index contributed by atoms with van der Waals surface area (Å²) in [6.45, 7) is 5.71. The van der Waals surface area contributed by atoms with Crippen molar-refractivity contribution in [1.82, 2.24) is 4.90 Å². The number of carbonyl (C=O) groups excluding carboxylic acids is 1. The minimum absolute atomic E-state index is 0.0111. The maximum Gasteiger partial charge on any atom is 0.263 e. The van der Waals surface area contributed by atoms with E-state index in [0.29, 0.717) is 17.3 Å². The quantitative estimate of drug-likeness (QED) is 0.873. The summed E-state index contributed by atoms with van der Waals surface area (Å²) in [6, 6.07) is 7.04. The number of rotatable bonds is 6. The van der Waals surface area contributed by atoms with Crippen LogP contribution in [-0.4, -0.2) is 41.2 Å². The van der Waals surface area contributed by atoms with Gasteiger partial charge in [-0.2, -0.15) is 0 Å². The van der Waals surface area contributed by atoms with Crippen LogP contribution in [0.2, 0.25) is 5.02 Å². The second-order valence-corrected chi connectivity index (χ2v) is 4.95. The number of amides is 1. The van der Waals surface area contributed by atoms with Gasteiger partial charge in [0.15, 0.2) is 6.10 Å². The van der Waals surface area contributed by atoms with Crippen molar-refractivity contribution in [2.24, 2.45) is 0 Å². The average Bonchev–Trinajstić information content (AvgIpc) is 2.37. The molecule has 0 saturated carbocycles. The van der Waals surface area contributed by atoms with Crippen LogP contribution in [0.4, 0.5) is 0 Å². The molecule has 0 aliphatic heterocycles. The second kappa shape index (κ2) is 7.36. The molecule has 0 bridgehead atoms. The topological polar surface area (TPSA) is 49.8 Å². The molecule has 1 rings (SSSR count). The van der Waals surface area contributed by atoms with Crippen molar-refractivity contribution in [3.8, 4) is 5.75 Å². The van der Waals surface area contributed by atoms with Crippen LogP contribution in [0.15, 0.2) is 24.3 Å². The van der Waals surface area contributed by atoms with Gasteiger partial charge in [-0.15, -0.1) is 0 Å². The van der Waals surface area contributed by atoms with E-state index in [4.69, 9.17) is 21.4 Å². The molecule has 0 radical (unpaired) electrons. The van der Waals surface area contributed by atoms with E-state index in [1.165, 1.54) is 0 Å². The molecule has 19 heavy (non-hydrogen) atoms. The van der Waals surface area contributed by atoms with Crippen LogP contribution in [0.1, 0.15) is 20.8 Å². The number of ether oxygens (including phenoxy) is 1. The van der Waals surface area contributed by atoms with E-state index in [2.05, 4.69) is 0 Å². The molecule has 0 aliphatic rings. The maximum atomic E-state index is 12.2. The molecule has 0 heterocycles. The highest BCUT2D eigenvalue weighted by Gasteiger charge is 2.24. The fraction of sp³-hybridized carbons (Fsp3) is 0.500. The highest BCUT2D eigenvalue weighted by Crippen LogP contribution is 2.24. The average molecular weight is 286 g/mol. The first-order valence-electron chi connectivity index (χ1n) is 6.30. The van der Waals surface area contributed by atoms with E-state index in [1.54, 1.807) is 36.1 Å². The van der Waals surface area contributed by atoms with Crippen LogP contribution in [0, 0.1) is 0 Å². The van der Waals surface area contributed by atoms with Crippen LogP contribution >= 0.6 is 11.6 Å². The molecule has 0 aliphatic carbocycles. The molecule has 1 atom stereocenters. The predicted octanol–water partition coefficient (Wildman–Crippen LogP) is 2.34. The van der Waals surface area contributed by atoms with Crippen molar-refractivity contribution in [2.45, 2.75) is 32.9 Å². The zero-order valence-electron chi connectivity index (χ0n) is 11.5. The van der Waals surface area contributed by atoms with Gasteiger partial charge >= 0.3 is 0 Å². The minimum Gasteiger partial charge on any atom is -0.479 e. The molecule has 5 heteroatoms. The Balaban J connectivity index is 2.74. The largest absolute Gasteiger partial charge is 0.479 e. The Morgan fingerprint density at radius 2 is 2.00 bits per heavy atom. The fourth-order valence-corrected chi connectivity index (χ4v) is 1.93. The molecule has 1 aromatic rings. The third-order valence-corrected chi connectivity index (χ3v) is 3.05. The summed E-state index contributed by atoms with van der Waals surface area (Å²) in [6.07, 6.45) is -0.645. The third-order valence-electron chi connectivity index (χ3n) is 2.74. The van der Waals surface area contributed by atoms with Gasteiger partial charge in [0.2, 0.25) is 0 Å². The SMILES string of the molecule is CC(Oc1ccccc1Cl)C(=O)N(CCO)C(C)C. The first-order valence-corrected chi connectivity index (χ1v) is 6.67. The van der Waals surface area contributed by atoms with Crippen LogP contribution < -0.4 is 4.74 Å². The Kier molecular flexibility index (Phi) is 6.12. The van der Waals surface area contributed by atoms with Crippen molar-refractivity contribution in [3.63, 3.8) is 0 Å². The first-order chi connectivity index (χ1) is 8.97. The van der Waals surface area contributed by atoms with Gasteiger partial charge in [0.05, 0.1) is 11.6 Å². The van der Waals surface area contributed by atoms with Crippen molar-refractivity contribution in [1.29, 1.82) is 0 Å². The molecular weight excluding hydrogens is 266 g/mol. The molecule has 1 N–H and O–H groups in total. The van der Waals surface area contributed by atoms with Crippen LogP contribution in [0.3, 0.4) is 0 Å². The summed E-state index contributed by atoms with van der Waals surface area (Å²) in [5.74, 6) is 0.321. The standard InChI is InChI=1S/C14H20ClNO3/c1-10(2)16(8-9-17)14(18)11(3)19-13-7-5-4-6-12(13)15/h4-7,10-11,17H,8-9H2,1-3H3. The van der Waals surface area contributed by atoms with Crippen molar-refractivity contribution >= 4 is 17.5 Å². The number of hydrogen-bond acceptors (Lipinski definition) is 3. The lowest BCUT2D eigenvalue weighted by atomic mass is 10.2. The molecule has 0 spiro atoms. The zero-order chi connectivity index (χ0) is 14.4. The summed E-state index contributed by atoms with van der Waals surface area (Å²) in [7, 11) is 0. The number of carbonyl (C=O) groups is 1. The van der Waals surface area contributed by atoms with Gasteiger partial charge in [-0.05, 0) is 32.9 Å². The van der Waals surface area contributed by atoms with E-state index >= 15 is 0 Å².